The molecule has 0 saturated carbocycles. The van der Waals surface area contributed by atoms with Crippen molar-refractivity contribution in [2.45, 2.75) is 20.3 Å². The van der Waals surface area contributed by atoms with Crippen LogP contribution in [0.1, 0.15) is 20.3 Å². The summed E-state index contributed by atoms with van der Waals surface area (Å²) in [4.78, 5) is 15.6. The minimum Gasteiger partial charge on any atom is -0.320 e. The SMILES string of the molecule is CC/C=C(/C)C(=O)Nc1cccnc1Br. The van der Waals surface area contributed by atoms with Gasteiger partial charge in [-0.2, -0.15) is 0 Å². The van der Waals surface area contributed by atoms with E-state index in [2.05, 4.69) is 26.2 Å². The highest BCUT2D eigenvalue weighted by atomic mass is 79.9. The summed E-state index contributed by atoms with van der Waals surface area (Å²) in [6, 6.07) is 3.58. The average molecular weight is 269 g/mol. The minimum atomic E-state index is -0.0921. The van der Waals surface area contributed by atoms with Crippen molar-refractivity contribution in [2.24, 2.45) is 0 Å². The number of pyridine rings is 1. The van der Waals surface area contributed by atoms with Crippen LogP contribution in [0, 0.1) is 0 Å². The van der Waals surface area contributed by atoms with Gasteiger partial charge in [-0.05, 0) is 41.4 Å². The molecule has 0 aromatic carbocycles. The lowest BCUT2D eigenvalue weighted by Crippen LogP contribution is -2.13. The Morgan fingerprint density at radius 3 is 3.00 bits per heavy atom. The summed E-state index contributed by atoms with van der Waals surface area (Å²) in [6.45, 7) is 3.79. The molecule has 1 N–H and O–H groups in total. The van der Waals surface area contributed by atoms with Gasteiger partial charge in [0.05, 0.1) is 5.69 Å². The molecule has 3 nitrogen and oxygen atoms in total. The summed E-state index contributed by atoms with van der Waals surface area (Å²) in [7, 11) is 0. The molecule has 0 aliphatic rings. The smallest absolute Gasteiger partial charge is 0.251 e. The van der Waals surface area contributed by atoms with Gasteiger partial charge >= 0.3 is 0 Å². The summed E-state index contributed by atoms with van der Waals surface area (Å²) < 4.78 is 0.641. The zero-order valence-corrected chi connectivity index (χ0v) is 10.3. The highest BCUT2D eigenvalue weighted by Crippen LogP contribution is 2.18. The molecule has 0 saturated heterocycles. The molecule has 0 aliphatic heterocycles. The van der Waals surface area contributed by atoms with E-state index in [1.165, 1.54) is 0 Å². The first-order chi connectivity index (χ1) is 7.15. The highest BCUT2D eigenvalue weighted by Gasteiger charge is 2.06. The van der Waals surface area contributed by atoms with E-state index in [-0.39, 0.29) is 5.91 Å². The fourth-order valence-electron chi connectivity index (χ4n) is 1.10. The second-order valence-corrected chi connectivity index (χ2v) is 3.84. The number of rotatable bonds is 3. The monoisotopic (exact) mass is 268 g/mol. The molecule has 80 valence electrons. The van der Waals surface area contributed by atoms with Crippen molar-refractivity contribution >= 4 is 27.5 Å². The lowest BCUT2D eigenvalue weighted by atomic mass is 10.2. The summed E-state index contributed by atoms with van der Waals surface area (Å²) in [5.41, 5.74) is 1.40. The van der Waals surface area contributed by atoms with E-state index in [0.29, 0.717) is 15.9 Å². The molecule has 1 aromatic rings. The van der Waals surface area contributed by atoms with Gasteiger partial charge in [0.25, 0.3) is 5.91 Å². The van der Waals surface area contributed by atoms with E-state index >= 15 is 0 Å². The maximum Gasteiger partial charge on any atom is 0.251 e. The van der Waals surface area contributed by atoms with Crippen LogP contribution < -0.4 is 5.32 Å². The fraction of sp³-hybridized carbons (Fsp3) is 0.273. The van der Waals surface area contributed by atoms with Crippen molar-refractivity contribution < 1.29 is 4.79 Å². The van der Waals surface area contributed by atoms with Gasteiger partial charge in [0.2, 0.25) is 0 Å². The Labute approximate surface area is 97.7 Å². The molecule has 1 rings (SSSR count). The predicted molar refractivity (Wildman–Crippen MR) is 64.6 cm³/mol. The molecular weight excluding hydrogens is 256 g/mol. The number of aromatic nitrogens is 1. The van der Waals surface area contributed by atoms with Gasteiger partial charge in [-0.3, -0.25) is 4.79 Å². The molecule has 0 fully saturated rings. The van der Waals surface area contributed by atoms with Crippen molar-refractivity contribution in [1.29, 1.82) is 0 Å². The summed E-state index contributed by atoms with van der Waals surface area (Å²) >= 11 is 3.27. The van der Waals surface area contributed by atoms with E-state index in [4.69, 9.17) is 0 Å². The number of nitrogens with one attached hydrogen (secondary N) is 1. The third kappa shape index (κ3) is 3.47. The summed E-state index contributed by atoms with van der Waals surface area (Å²) in [5, 5.41) is 2.78. The third-order valence-electron chi connectivity index (χ3n) is 1.88. The topological polar surface area (TPSA) is 42.0 Å². The predicted octanol–water partition coefficient (Wildman–Crippen LogP) is 3.14. The molecule has 1 amide bonds. The maximum atomic E-state index is 11.6. The van der Waals surface area contributed by atoms with Gasteiger partial charge < -0.3 is 5.32 Å². The Morgan fingerprint density at radius 2 is 2.40 bits per heavy atom. The van der Waals surface area contributed by atoms with Crippen molar-refractivity contribution in [3.8, 4) is 0 Å². The second kappa shape index (κ2) is 5.66. The van der Waals surface area contributed by atoms with E-state index < -0.39 is 0 Å². The molecule has 0 radical (unpaired) electrons. The molecular formula is C11H13BrN2O. The lowest BCUT2D eigenvalue weighted by Gasteiger charge is -2.06. The first-order valence-electron chi connectivity index (χ1n) is 4.73. The average Bonchev–Trinajstić information content (AvgIpc) is 2.21. The molecule has 15 heavy (non-hydrogen) atoms. The van der Waals surface area contributed by atoms with Gasteiger partial charge in [-0.1, -0.05) is 13.0 Å². The standard InChI is InChI=1S/C11H13BrN2O/c1-3-5-8(2)11(15)14-9-6-4-7-13-10(9)12/h4-7H,3H2,1-2H3,(H,14,15)/b8-5-. The van der Waals surface area contributed by atoms with Crippen molar-refractivity contribution in [1.82, 2.24) is 4.98 Å². The molecule has 4 heteroatoms. The Balaban J connectivity index is 2.75. The zero-order chi connectivity index (χ0) is 11.3. The van der Waals surface area contributed by atoms with Crippen LogP contribution >= 0.6 is 15.9 Å². The van der Waals surface area contributed by atoms with E-state index in [9.17, 15) is 4.79 Å². The Bertz CT molecular complexity index is 388. The number of carbonyl (C=O) groups is 1. The Morgan fingerprint density at radius 1 is 1.67 bits per heavy atom. The zero-order valence-electron chi connectivity index (χ0n) is 8.75. The molecule has 0 bridgehead atoms. The van der Waals surface area contributed by atoms with Crippen molar-refractivity contribution in [3.63, 3.8) is 0 Å². The van der Waals surface area contributed by atoms with Gasteiger partial charge in [-0.15, -0.1) is 0 Å². The first kappa shape index (κ1) is 11.9. The van der Waals surface area contributed by atoms with Crippen LogP contribution in [0.4, 0.5) is 5.69 Å². The maximum absolute atomic E-state index is 11.6. The minimum absolute atomic E-state index is 0.0921. The van der Waals surface area contributed by atoms with Crippen LogP contribution in [0.5, 0.6) is 0 Å². The summed E-state index contributed by atoms with van der Waals surface area (Å²) in [5.74, 6) is -0.0921. The number of nitrogens with zero attached hydrogens (tertiary/aromatic N) is 1. The number of hydrogen-bond donors (Lipinski definition) is 1. The number of amides is 1. The molecule has 0 spiro atoms. The molecule has 1 heterocycles. The van der Waals surface area contributed by atoms with Crippen LogP contribution in [-0.2, 0) is 4.79 Å². The lowest BCUT2D eigenvalue weighted by molar-refractivity contribution is -0.112. The number of halogens is 1. The Hall–Kier alpha value is -1.16. The largest absolute Gasteiger partial charge is 0.320 e. The summed E-state index contributed by atoms with van der Waals surface area (Å²) in [6.07, 6.45) is 4.40. The van der Waals surface area contributed by atoms with Gasteiger partial charge in [0.15, 0.2) is 0 Å². The Kier molecular flexibility index (Phi) is 4.49. The van der Waals surface area contributed by atoms with E-state index in [1.807, 2.05) is 13.0 Å². The molecule has 0 unspecified atom stereocenters. The van der Waals surface area contributed by atoms with Gasteiger partial charge in [0.1, 0.15) is 4.60 Å². The van der Waals surface area contributed by atoms with Crippen LogP contribution in [0.3, 0.4) is 0 Å². The second-order valence-electron chi connectivity index (χ2n) is 3.09. The van der Waals surface area contributed by atoms with Crippen molar-refractivity contribution in [2.75, 3.05) is 5.32 Å². The molecule has 0 atom stereocenters. The van der Waals surface area contributed by atoms with Crippen LogP contribution in [0.2, 0.25) is 0 Å². The van der Waals surface area contributed by atoms with E-state index in [0.717, 1.165) is 6.42 Å². The van der Waals surface area contributed by atoms with Crippen LogP contribution in [-0.4, -0.2) is 10.9 Å². The molecule has 0 aliphatic carbocycles. The highest BCUT2D eigenvalue weighted by molar-refractivity contribution is 9.10. The number of allylic oxidation sites excluding steroid dienone is 1. The number of carbonyl (C=O) groups excluding carboxylic acids is 1. The van der Waals surface area contributed by atoms with Gasteiger partial charge in [-0.25, -0.2) is 4.98 Å². The normalized spacial score (nSPS) is 11.3. The van der Waals surface area contributed by atoms with Crippen LogP contribution in [0.15, 0.2) is 34.6 Å². The molecule has 1 aromatic heterocycles. The number of anilines is 1. The third-order valence-corrected chi connectivity index (χ3v) is 2.51. The number of hydrogen-bond acceptors (Lipinski definition) is 2. The van der Waals surface area contributed by atoms with Crippen LogP contribution in [0.25, 0.3) is 0 Å². The first-order valence-corrected chi connectivity index (χ1v) is 5.53. The van der Waals surface area contributed by atoms with Crippen molar-refractivity contribution in [3.05, 3.63) is 34.6 Å². The quantitative estimate of drug-likeness (QED) is 0.676. The fourth-order valence-corrected chi connectivity index (χ4v) is 1.45. The van der Waals surface area contributed by atoms with Gasteiger partial charge in [0, 0.05) is 11.8 Å². The van der Waals surface area contributed by atoms with E-state index in [1.54, 1.807) is 25.3 Å².